The van der Waals surface area contributed by atoms with Crippen molar-refractivity contribution in [3.63, 3.8) is 0 Å². The summed E-state index contributed by atoms with van der Waals surface area (Å²) in [7, 11) is 0. The second-order valence-electron chi connectivity index (χ2n) is 3.18. The summed E-state index contributed by atoms with van der Waals surface area (Å²) in [6, 6.07) is 0. The van der Waals surface area contributed by atoms with Crippen molar-refractivity contribution in [2.24, 2.45) is 5.92 Å². The van der Waals surface area contributed by atoms with Crippen LogP contribution in [-0.4, -0.2) is 31.2 Å². The van der Waals surface area contributed by atoms with Crippen LogP contribution in [0.25, 0.3) is 0 Å². The first-order valence-corrected chi connectivity index (χ1v) is 3.88. The number of hydrogen-bond acceptors (Lipinski definition) is 2. The zero-order valence-electron chi connectivity index (χ0n) is 5.77. The fourth-order valence-corrected chi connectivity index (χ4v) is 1.84. The average molecular weight is 126 g/mol. The molecule has 2 saturated heterocycles. The maximum atomic E-state index is 3.40. The molecule has 2 fully saturated rings. The van der Waals surface area contributed by atoms with Crippen molar-refractivity contribution in [3.8, 4) is 0 Å². The van der Waals surface area contributed by atoms with Crippen LogP contribution in [-0.2, 0) is 0 Å². The molecule has 2 aliphatic rings. The second-order valence-corrected chi connectivity index (χ2v) is 3.18. The molecule has 1 N–H and O–H groups in total. The van der Waals surface area contributed by atoms with Crippen molar-refractivity contribution in [1.29, 1.82) is 0 Å². The Morgan fingerprint density at radius 2 is 2.33 bits per heavy atom. The first kappa shape index (κ1) is 5.69. The fourth-order valence-electron chi connectivity index (χ4n) is 1.84. The molecule has 0 radical (unpaired) electrons. The van der Waals surface area contributed by atoms with E-state index >= 15 is 0 Å². The van der Waals surface area contributed by atoms with Crippen LogP contribution in [0.2, 0.25) is 0 Å². The Hall–Kier alpha value is -0.0800. The molecule has 2 heteroatoms. The molecule has 0 aromatic heterocycles. The van der Waals surface area contributed by atoms with Gasteiger partial charge in [-0.25, -0.2) is 0 Å². The van der Waals surface area contributed by atoms with Gasteiger partial charge in [0, 0.05) is 13.2 Å². The molecule has 0 aromatic rings. The fraction of sp³-hybridized carbons (Fsp3) is 1.00. The van der Waals surface area contributed by atoms with Crippen molar-refractivity contribution < 1.29 is 0 Å². The Morgan fingerprint density at radius 1 is 1.33 bits per heavy atom. The maximum Gasteiger partial charge on any atom is 0.0480 e. The van der Waals surface area contributed by atoms with E-state index in [1.807, 2.05) is 0 Å². The molecule has 0 aliphatic carbocycles. The lowest BCUT2D eigenvalue weighted by Gasteiger charge is -2.12. The highest BCUT2D eigenvalue weighted by Crippen LogP contribution is 2.19. The van der Waals surface area contributed by atoms with Crippen molar-refractivity contribution in [2.75, 3.05) is 26.3 Å². The summed E-state index contributed by atoms with van der Waals surface area (Å²) in [6.07, 6.45) is 2.85. The highest BCUT2D eigenvalue weighted by atomic mass is 15.2. The van der Waals surface area contributed by atoms with E-state index in [4.69, 9.17) is 0 Å². The largest absolute Gasteiger partial charge is 0.304 e. The summed E-state index contributed by atoms with van der Waals surface area (Å²) in [4.78, 5) is 2.51. The molecule has 2 heterocycles. The Kier molecular flexibility index (Phi) is 1.44. The van der Waals surface area contributed by atoms with Gasteiger partial charge in [-0.2, -0.15) is 0 Å². The molecule has 9 heavy (non-hydrogen) atoms. The molecule has 2 unspecified atom stereocenters. The Morgan fingerprint density at radius 3 is 3.33 bits per heavy atom. The first-order chi connectivity index (χ1) is 4.45. The van der Waals surface area contributed by atoms with Crippen LogP contribution < -0.4 is 5.32 Å². The molecule has 2 aliphatic heterocycles. The number of nitrogens with zero attached hydrogens (tertiary/aromatic N) is 1. The first-order valence-electron chi connectivity index (χ1n) is 3.88. The normalized spacial score (nSPS) is 42.7. The number of nitrogens with one attached hydrogen (secondary N) is 1. The second kappa shape index (κ2) is 2.27. The van der Waals surface area contributed by atoms with Crippen LogP contribution in [0.5, 0.6) is 0 Å². The van der Waals surface area contributed by atoms with Crippen LogP contribution >= 0.6 is 0 Å². The summed E-state index contributed by atoms with van der Waals surface area (Å²) < 4.78 is 0. The minimum atomic E-state index is 1.01. The third-order valence-electron chi connectivity index (χ3n) is 2.43. The topological polar surface area (TPSA) is 15.3 Å². The molecule has 0 saturated carbocycles. The van der Waals surface area contributed by atoms with Crippen molar-refractivity contribution >= 4 is 0 Å². The van der Waals surface area contributed by atoms with Gasteiger partial charge in [0.25, 0.3) is 0 Å². The van der Waals surface area contributed by atoms with Gasteiger partial charge in [-0.05, 0) is 31.8 Å². The molecule has 52 valence electrons. The van der Waals surface area contributed by atoms with Crippen LogP contribution in [0.15, 0.2) is 0 Å². The van der Waals surface area contributed by atoms with Gasteiger partial charge in [0.1, 0.15) is 0 Å². The molecule has 2 nitrogen and oxygen atoms in total. The highest BCUT2D eigenvalue weighted by Gasteiger charge is 2.23. The number of hydrogen-bond donors (Lipinski definition) is 1. The van der Waals surface area contributed by atoms with Gasteiger partial charge in [-0.15, -0.1) is 0 Å². The number of fused-ring (bicyclic) bond motifs is 2. The van der Waals surface area contributed by atoms with Gasteiger partial charge in [0.05, 0.1) is 0 Å². The van der Waals surface area contributed by atoms with Gasteiger partial charge in [-0.1, -0.05) is 0 Å². The Balaban J connectivity index is 1.99. The molecular weight excluding hydrogens is 112 g/mol. The summed E-state index contributed by atoms with van der Waals surface area (Å²) >= 11 is 0. The lowest BCUT2D eigenvalue weighted by atomic mass is 10.1. The summed E-state index contributed by atoms with van der Waals surface area (Å²) in [6.45, 7) is 5.06. The SMILES string of the molecule is C1CC2CCN(CN1)C2. The van der Waals surface area contributed by atoms with Gasteiger partial charge in [-0.3, -0.25) is 4.90 Å². The van der Waals surface area contributed by atoms with Crippen LogP contribution in [0.3, 0.4) is 0 Å². The predicted octanol–water partition coefficient (Wildman–Crippen LogP) is 0.259. The molecule has 0 spiro atoms. The quantitative estimate of drug-likeness (QED) is 0.501. The van der Waals surface area contributed by atoms with Crippen LogP contribution in [0.4, 0.5) is 0 Å². The van der Waals surface area contributed by atoms with Crippen LogP contribution in [0, 0.1) is 5.92 Å². The summed E-state index contributed by atoms with van der Waals surface area (Å²) in [5.41, 5.74) is 0. The van der Waals surface area contributed by atoms with E-state index in [2.05, 4.69) is 10.2 Å². The Bertz CT molecular complexity index is 91.1. The van der Waals surface area contributed by atoms with Crippen molar-refractivity contribution in [1.82, 2.24) is 10.2 Å². The minimum absolute atomic E-state index is 1.01. The standard InChI is InChI=1S/C7H14N2/c1-3-8-6-9-4-2-7(1)5-9/h7-8H,1-6H2. The monoisotopic (exact) mass is 126 g/mol. The van der Waals surface area contributed by atoms with E-state index < -0.39 is 0 Å². The average Bonchev–Trinajstić information content (AvgIpc) is 2.09. The molecule has 2 rings (SSSR count). The maximum absolute atomic E-state index is 3.40. The zero-order chi connectivity index (χ0) is 6.10. The lowest BCUT2D eigenvalue weighted by Crippen LogP contribution is -2.30. The molecule has 0 aromatic carbocycles. The summed E-state index contributed by atoms with van der Waals surface area (Å²) in [5, 5.41) is 3.40. The van der Waals surface area contributed by atoms with E-state index in [1.54, 1.807) is 0 Å². The van der Waals surface area contributed by atoms with Gasteiger partial charge in [0.2, 0.25) is 0 Å². The van der Waals surface area contributed by atoms with Crippen molar-refractivity contribution in [3.05, 3.63) is 0 Å². The molecule has 2 atom stereocenters. The van der Waals surface area contributed by atoms with Gasteiger partial charge in [0.15, 0.2) is 0 Å². The van der Waals surface area contributed by atoms with E-state index in [0.29, 0.717) is 0 Å². The number of rotatable bonds is 0. The molecule has 0 amide bonds. The van der Waals surface area contributed by atoms with Gasteiger partial charge < -0.3 is 5.32 Å². The van der Waals surface area contributed by atoms with E-state index in [1.165, 1.54) is 32.5 Å². The van der Waals surface area contributed by atoms with Gasteiger partial charge >= 0.3 is 0 Å². The lowest BCUT2D eigenvalue weighted by molar-refractivity contribution is 0.320. The third kappa shape index (κ3) is 1.10. The zero-order valence-corrected chi connectivity index (χ0v) is 5.77. The smallest absolute Gasteiger partial charge is 0.0480 e. The minimum Gasteiger partial charge on any atom is -0.304 e. The summed E-state index contributed by atoms with van der Waals surface area (Å²) in [5.74, 6) is 1.01. The molecule has 2 bridgehead atoms. The van der Waals surface area contributed by atoms with E-state index in [-0.39, 0.29) is 0 Å². The highest BCUT2D eigenvalue weighted by molar-refractivity contribution is 4.78. The van der Waals surface area contributed by atoms with Crippen molar-refractivity contribution in [2.45, 2.75) is 12.8 Å². The Labute approximate surface area is 56.2 Å². The molecular formula is C7H14N2. The third-order valence-corrected chi connectivity index (χ3v) is 2.43. The van der Waals surface area contributed by atoms with E-state index in [9.17, 15) is 0 Å². The van der Waals surface area contributed by atoms with Crippen LogP contribution in [0.1, 0.15) is 12.8 Å². The van der Waals surface area contributed by atoms with E-state index in [0.717, 1.165) is 12.6 Å². The predicted molar refractivity (Wildman–Crippen MR) is 37.2 cm³/mol.